The van der Waals surface area contributed by atoms with Gasteiger partial charge in [-0.05, 0) is 67.8 Å². The van der Waals surface area contributed by atoms with Crippen LogP contribution in [-0.2, 0) is 16.6 Å². The van der Waals surface area contributed by atoms with Gasteiger partial charge in [0.1, 0.15) is 17.6 Å². The van der Waals surface area contributed by atoms with Gasteiger partial charge in [0.05, 0.1) is 6.04 Å². The molecule has 0 unspecified atom stereocenters. The number of ether oxygens (including phenoxy) is 1. The van der Waals surface area contributed by atoms with Crippen LogP contribution >= 0.6 is 0 Å². The zero-order valence-electron chi connectivity index (χ0n) is 22.0. The Morgan fingerprint density at radius 1 is 1.24 bits per heavy atom. The average Bonchev–Trinajstić information content (AvgIpc) is 3.23. The zero-order chi connectivity index (χ0) is 25.7. The highest BCUT2D eigenvalue weighted by Gasteiger charge is 2.66. The summed E-state index contributed by atoms with van der Waals surface area (Å²) < 4.78 is 6.85. The molecule has 2 heterocycles. The molecule has 1 saturated carbocycles. The summed E-state index contributed by atoms with van der Waals surface area (Å²) in [6.45, 7) is 10.9. The molecule has 0 aromatic heterocycles. The minimum atomic E-state index is -0.161. The minimum Gasteiger partial charge on any atom is -0.508 e. The Labute approximate surface area is 220 Å². The van der Waals surface area contributed by atoms with Gasteiger partial charge in [0.15, 0.2) is 0 Å². The number of hydrogen-bond acceptors (Lipinski definition) is 4. The molecule has 2 fully saturated rings. The number of piperidine rings is 1. The van der Waals surface area contributed by atoms with Gasteiger partial charge in [-0.1, -0.05) is 50.3 Å². The van der Waals surface area contributed by atoms with E-state index in [4.69, 9.17) is 4.74 Å². The Morgan fingerprint density at radius 2 is 2.05 bits per heavy atom. The number of hydrogen-bond donors (Lipinski definition) is 1. The van der Waals surface area contributed by atoms with Crippen LogP contribution in [0.5, 0.6) is 11.5 Å². The fraction of sp³-hybridized carbons (Fsp3) is 0.469. The molecule has 2 aliphatic carbocycles. The van der Waals surface area contributed by atoms with Gasteiger partial charge in [0, 0.05) is 41.7 Å². The number of phenols is 1. The molecule has 1 amide bonds. The van der Waals surface area contributed by atoms with Crippen molar-refractivity contribution in [2.24, 2.45) is 11.8 Å². The third-order valence-corrected chi connectivity index (χ3v) is 9.25. The summed E-state index contributed by atoms with van der Waals surface area (Å²) in [4.78, 5) is 18.4. The van der Waals surface area contributed by atoms with Gasteiger partial charge >= 0.3 is 0 Å². The monoisotopic (exact) mass is 498 g/mol. The van der Waals surface area contributed by atoms with Crippen LogP contribution in [0.25, 0.3) is 6.08 Å². The average molecular weight is 499 g/mol. The number of likely N-dealkylation sites (tertiary alicyclic amines) is 1. The third-order valence-electron chi connectivity index (χ3n) is 9.25. The lowest BCUT2D eigenvalue weighted by molar-refractivity contribution is -0.138. The number of carbonyl (C=O) groups excluding carboxylic acids is 1. The molecule has 1 spiro atoms. The summed E-state index contributed by atoms with van der Waals surface area (Å²) in [5, 5.41) is 11.0. The molecule has 5 atom stereocenters. The normalized spacial score (nSPS) is 29.7. The van der Waals surface area contributed by atoms with E-state index in [0.29, 0.717) is 30.2 Å². The fourth-order valence-electron chi connectivity index (χ4n) is 7.93. The summed E-state index contributed by atoms with van der Waals surface area (Å²) in [5.74, 6) is 2.16. The second-order valence-electron chi connectivity index (χ2n) is 11.7. The van der Waals surface area contributed by atoms with Crippen molar-refractivity contribution < 1.29 is 14.6 Å². The maximum atomic E-state index is 13.8. The van der Waals surface area contributed by atoms with Crippen LogP contribution < -0.4 is 4.74 Å². The largest absolute Gasteiger partial charge is 0.508 e. The molecule has 6 rings (SSSR count). The smallest absolute Gasteiger partial charge is 0.246 e. The molecule has 2 aromatic rings. The van der Waals surface area contributed by atoms with Gasteiger partial charge in [-0.25, -0.2) is 0 Å². The number of carbonyl (C=O) groups is 1. The molecule has 1 N–H and O–H groups in total. The van der Waals surface area contributed by atoms with Crippen molar-refractivity contribution in [3.8, 4) is 11.5 Å². The first kappa shape index (κ1) is 24.3. The first-order valence-electron chi connectivity index (χ1n) is 13.8. The Kier molecular flexibility index (Phi) is 6.15. The molecule has 1 saturated heterocycles. The molecular formula is C32H38N2O3. The molecule has 4 aliphatic rings. The van der Waals surface area contributed by atoms with Crippen LogP contribution in [0.4, 0.5) is 0 Å². The van der Waals surface area contributed by atoms with Crippen LogP contribution in [-0.4, -0.2) is 58.6 Å². The van der Waals surface area contributed by atoms with Crippen LogP contribution in [0.1, 0.15) is 49.8 Å². The number of aromatic hydroxyl groups is 1. The van der Waals surface area contributed by atoms with Crippen molar-refractivity contribution in [3.63, 3.8) is 0 Å². The Hall–Kier alpha value is -3.05. The maximum Gasteiger partial charge on any atom is 0.246 e. The van der Waals surface area contributed by atoms with Gasteiger partial charge in [0.2, 0.25) is 5.91 Å². The van der Waals surface area contributed by atoms with E-state index in [1.165, 1.54) is 5.56 Å². The van der Waals surface area contributed by atoms with Gasteiger partial charge < -0.3 is 14.7 Å². The summed E-state index contributed by atoms with van der Waals surface area (Å²) in [6, 6.07) is 14.1. The van der Waals surface area contributed by atoms with Crippen molar-refractivity contribution in [1.82, 2.24) is 9.80 Å². The number of nitrogens with zero attached hydrogens (tertiary/aromatic N) is 2. The number of amides is 1. The zero-order valence-corrected chi connectivity index (χ0v) is 22.0. The van der Waals surface area contributed by atoms with E-state index in [2.05, 4.69) is 30.2 Å². The molecule has 5 heteroatoms. The topological polar surface area (TPSA) is 53.0 Å². The van der Waals surface area contributed by atoms with Crippen LogP contribution in [0.2, 0.25) is 0 Å². The molecule has 194 valence electrons. The summed E-state index contributed by atoms with van der Waals surface area (Å²) >= 11 is 0. The van der Waals surface area contributed by atoms with Crippen LogP contribution in [0.3, 0.4) is 0 Å². The maximum absolute atomic E-state index is 13.8. The molecule has 0 radical (unpaired) electrons. The number of phenolic OH excluding ortho intramolecular Hbond substituents is 1. The highest BCUT2D eigenvalue weighted by molar-refractivity contribution is 5.92. The third kappa shape index (κ3) is 3.82. The first-order valence-corrected chi connectivity index (χ1v) is 13.8. The Morgan fingerprint density at radius 3 is 2.81 bits per heavy atom. The van der Waals surface area contributed by atoms with Crippen molar-refractivity contribution in [1.29, 1.82) is 0 Å². The van der Waals surface area contributed by atoms with Crippen molar-refractivity contribution >= 4 is 12.0 Å². The fourth-order valence-corrected chi connectivity index (χ4v) is 7.93. The van der Waals surface area contributed by atoms with E-state index in [1.807, 2.05) is 48.6 Å². The molecule has 37 heavy (non-hydrogen) atoms. The quantitative estimate of drug-likeness (QED) is 0.422. The summed E-state index contributed by atoms with van der Waals surface area (Å²) in [5.41, 5.74) is 3.16. The highest BCUT2D eigenvalue weighted by Crippen LogP contribution is 2.63. The molecule has 2 bridgehead atoms. The molecule has 2 aromatic carbocycles. The lowest BCUT2D eigenvalue weighted by Gasteiger charge is -2.60. The molecular weight excluding hydrogens is 460 g/mol. The van der Waals surface area contributed by atoms with Gasteiger partial charge in [-0.3, -0.25) is 9.69 Å². The Bertz CT molecular complexity index is 1220. The highest BCUT2D eigenvalue weighted by atomic mass is 16.5. The number of benzene rings is 2. The van der Waals surface area contributed by atoms with E-state index in [-0.39, 0.29) is 23.5 Å². The Balaban J connectivity index is 1.39. The SMILES string of the molecule is C=CCN1CC[C@@]23c4c5ccc(O)c4C[C@@H]1[C@@H]2CC[C@@H](N(CC(C)C)C(=O)C=Cc1ccccc1)[C@@H]3O5. The van der Waals surface area contributed by atoms with Crippen molar-refractivity contribution in [3.05, 3.63) is 77.9 Å². The predicted octanol–water partition coefficient (Wildman–Crippen LogP) is 5.18. The van der Waals surface area contributed by atoms with Crippen molar-refractivity contribution in [2.75, 3.05) is 19.6 Å². The van der Waals surface area contributed by atoms with E-state index in [0.717, 1.165) is 55.6 Å². The van der Waals surface area contributed by atoms with Crippen LogP contribution in [0, 0.1) is 11.8 Å². The minimum absolute atomic E-state index is 0.00123. The summed E-state index contributed by atoms with van der Waals surface area (Å²) in [7, 11) is 0. The van der Waals surface area contributed by atoms with Gasteiger partial charge in [-0.15, -0.1) is 6.58 Å². The lowest BCUT2D eigenvalue weighted by atomic mass is 9.51. The van der Waals surface area contributed by atoms with Gasteiger partial charge in [0.25, 0.3) is 0 Å². The first-order chi connectivity index (χ1) is 17.9. The van der Waals surface area contributed by atoms with Gasteiger partial charge in [-0.2, -0.15) is 0 Å². The van der Waals surface area contributed by atoms with Crippen LogP contribution in [0.15, 0.2) is 61.2 Å². The van der Waals surface area contributed by atoms with Crippen molar-refractivity contribution in [2.45, 2.75) is 63.1 Å². The second kappa shape index (κ2) is 9.36. The van der Waals surface area contributed by atoms with E-state index in [9.17, 15) is 9.90 Å². The lowest BCUT2D eigenvalue weighted by Crippen LogP contribution is -2.69. The van der Waals surface area contributed by atoms with E-state index in [1.54, 1.807) is 12.1 Å². The summed E-state index contributed by atoms with van der Waals surface area (Å²) in [6.07, 6.45) is 9.38. The van der Waals surface area contributed by atoms with E-state index < -0.39 is 0 Å². The molecule has 2 aliphatic heterocycles. The number of rotatable bonds is 7. The standard InChI is InChI=1S/C32H38N2O3/c1-4-17-33-18-16-32-24-11-12-25(31(32)37-28-14-13-27(35)23(30(28)32)19-26(24)33)34(20-21(2)3)29(36)15-10-22-8-6-5-7-9-22/h4-10,13-15,21,24-26,31,35H,1,11-12,16-20H2,2-3H3/t24-,25+,26+,31-,32-/m0/s1. The predicted molar refractivity (Wildman–Crippen MR) is 147 cm³/mol. The molecule has 5 nitrogen and oxygen atoms in total. The van der Waals surface area contributed by atoms with E-state index >= 15 is 0 Å². The second-order valence-corrected chi connectivity index (χ2v) is 11.7.